The lowest BCUT2D eigenvalue weighted by atomic mass is 10.00. The molecule has 21 heavy (non-hydrogen) atoms. The number of aromatic nitrogens is 1. The van der Waals surface area contributed by atoms with E-state index in [4.69, 9.17) is 11.6 Å². The zero-order valence-corrected chi connectivity index (χ0v) is 13.8. The minimum absolute atomic E-state index is 0.0919. The van der Waals surface area contributed by atoms with Crippen LogP contribution in [0.2, 0.25) is 4.34 Å². The van der Waals surface area contributed by atoms with Crippen molar-refractivity contribution in [2.24, 2.45) is 5.92 Å². The van der Waals surface area contributed by atoms with Crippen molar-refractivity contribution in [2.45, 2.75) is 12.8 Å². The zero-order valence-electron chi connectivity index (χ0n) is 11.4. The number of thiazole rings is 1. The number of piperidine rings is 1. The minimum Gasteiger partial charge on any atom is -0.350 e. The highest BCUT2D eigenvalue weighted by atomic mass is 35.5. The Morgan fingerprint density at radius 2 is 2.43 bits per heavy atom. The molecule has 0 bridgehead atoms. The average Bonchev–Trinajstić information content (AvgIpc) is 3.14. The van der Waals surface area contributed by atoms with Crippen LogP contribution in [0.25, 0.3) is 9.88 Å². The van der Waals surface area contributed by atoms with Gasteiger partial charge in [0.15, 0.2) is 0 Å². The number of halogens is 1. The third-order valence-electron chi connectivity index (χ3n) is 3.47. The van der Waals surface area contributed by atoms with E-state index >= 15 is 0 Å². The maximum absolute atomic E-state index is 12.1. The Labute approximate surface area is 136 Å². The summed E-state index contributed by atoms with van der Waals surface area (Å²) in [7, 11) is 0. The van der Waals surface area contributed by atoms with Gasteiger partial charge in [-0.15, -0.1) is 22.7 Å². The standard InChI is InChI=1S/C14H16ClN3OS2/c15-12-4-3-11(21-12)14-18-10(8-20-14)13(19)17-7-9-2-1-5-16-6-9/h3-4,8-9,16H,1-2,5-7H2,(H,17,19). The van der Waals surface area contributed by atoms with Gasteiger partial charge in [0.1, 0.15) is 10.7 Å². The van der Waals surface area contributed by atoms with E-state index in [-0.39, 0.29) is 5.91 Å². The van der Waals surface area contributed by atoms with Crippen molar-refractivity contribution in [3.8, 4) is 9.88 Å². The lowest BCUT2D eigenvalue weighted by Gasteiger charge is -2.22. The quantitative estimate of drug-likeness (QED) is 0.897. The summed E-state index contributed by atoms with van der Waals surface area (Å²) in [6, 6.07) is 3.78. The molecule has 0 aromatic carbocycles. The molecule has 1 fully saturated rings. The molecule has 2 aromatic rings. The molecular formula is C14H16ClN3OS2. The number of amides is 1. The highest BCUT2D eigenvalue weighted by Crippen LogP contribution is 2.32. The zero-order chi connectivity index (χ0) is 14.7. The molecule has 0 radical (unpaired) electrons. The molecular weight excluding hydrogens is 326 g/mol. The molecule has 1 saturated heterocycles. The summed E-state index contributed by atoms with van der Waals surface area (Å²) in [5.74, 6) is 0.433. The van der Waals surface area contributed by atoms with Gasteiger partial charge < -0.3 is 10.6 Å². The van der Waals surface area contributed by atoms with Crippen LogP contribution in [0.3, 0.4) is 0 Å². The number of hydrogen-bond acceptors (Lipinski definition) is 5. The van der Waals surface area contributed by atoms with Crippen LogP contribution in [0, 0.1) is 5.92 Å². The molecule has 2 aromatic heterocycles. The number of nitrogens with one attached hydrogen (secondary N) is 2. The van der Waals surface area contributed by atoms with Gasteiger partial charge >= 0.3 is 0 Å². The first-order valence-electron chi connectivity index (χ1n) is 6.92. The monoisotopic (exact) mass is 341 g/mol. The third-order valence-corrected chi connectivity index (χ3v) is 5.71. The van der Waals surface area contributed by atoms with Gasteiger partial charge in [-0.05, 0) is 44.0 Å². The second-order valence-electron chi connectivity index (χ2n) is 5.06. The summed E-state index contributed by atoms with van der Waals surface area (Å²) in [5.41, 5.74) is 0.489. The number of rotatable bonds is 4. The van der Waals surface area contributed by atoms with Crippen LogP contribution in [0.5, 0.6) is 0 Å². The van der Waals surface area contributed by atoms with E-state index in [2.05, 4.69) is 15.6 Å². The van der Waals surface area contributed by atoms with Gasteiger partial charge in [-0.2, -0.15) is 0 Å². The Balaban J connectivity index is 1.59. The van der Waals surface area contributed by atoms with Gasteiger partial charge in [0, 0.05) is 11.9 Å². The van der Waals surface area contributed by atoms with Gasteiger partial charge in [-0.25, -0.2) is 4.98 Å². The van der Waals surface area contributed by atoms with Gasteiger partial charge in [0.2, 0.25) is 0 Å². The molecule has 3 rings (SSSR count). The number of hydrogen-bond donors (Lipinski definition) is 2. The molecule has 112 valence electrons. The summed E-state index contributed by atoms with van der Waals surface area (Å²) in [5, 5.41) is 8.98. The number of nitrogens with zero attached hydrogens (tertiary/aromatic N) is 1. The fourth-order valence-corrected chi connectivity index (χ4v) is 4.26. The van der Waals surface area contributed by atoms with Crippen LogP contribution in [-0.4, -0.2) is 30.5 Å². The smallest absolute Gasteiger partial charge is 0.270 e. The van der Waals surface area contributed by atoms with Gasteiger partial charge in [0.25, 0.3) is 5.91 Å². The van der Waals surface area contributed by atoms with Crippen LogP contribution in [0.4, 0.5) is 0 Å². The minimum atomic E-state index is -0.0919. The van der Waals surface area contributed by atoms with E-state index in [1.54, 1.807) is 5.38 Å². The number of carbonyl (C=O) groups excluding carboxylic acids is 1. The van der Waals surface area contributed by atoms with Crippen molar-refractivity contribution < 1.29 is 4.79 Å². The number of thiophene rings is 1. The second-order valence-corrected chi connectivity index (χ2v) is 7.64. The van der Waals surface area contributed by atoms with Crippen molar-refractivity contribution in [1.82, 2.24) is 15.6 Å². The molecule has 0 saturated carbocycles. The normalized spacial score (nSPS) is 18.6. The molecule has 7 heteroatoms. The lowest BCUT2D eigenvalue weighted by molar-refractivity contribution is 0.0940. The van der Waals surface area contributed by atoms with E-state index in [1.807, 2.05) is 12.1 Å². The van der Waals surface area contributed by atoms with Crippen molar-refractivity contribution >= 4 is 40.2 Å². The second kappa shape index (κ2) is 6.87. The fourth-order valence-electron chi connectivity index (χ4n) is 2.35. The molecule has 0 spiro atoms. The van der Waals surface area contributed by atoms with Crippen LogP contribution < -0.4 is 10.6 Å². The molecule has 1 atom stereocenters. The molecule has 3 heterocycles. The largest absolute Gasteiger partial charge is 0.350 e. The maximum Gasteiger partial charge on any atom is 0.270 e. The van der Waals surface area contributed by atoms with E-state index in [0.29, 0.717) is 18.2 Å². The van der Waals surface area contributed by atoms with Crippen molar-refractivity contribution in [2.75, 3.05) is 19.6 Å². The van der Waals surface area contributed by atoms with Crippen molar-refractivity contribution in [3.63, 3.8) is 0 Å². The Morgan fingerprint density at radius 3 is 3.14 bits per heavy atom. The van der Waals surface area contributed by atoms with Crippen molar-refractivity contribution in [3.05, 3.63) is 27.5 Å². The molecule has 4 nitrogen and oxygen atoms in total. The van der Waals surface area contributed by atoms with E-state index < -0.39 is 0 Å². The van der Waals surface area contributed by atoms with E-state index in [1.165, 1.54) is 35.5 Å². The molecule has 2 N–H and O–H groups in total. The summed E-state index contributed by atoms with van der Waals surface area (Å²) in [6.45, 7) is 2.78. The average molecular weight is 342 g/mol. The lowest BCUT2D eigenvalue weighted by Crippen LogP contribution is -2.38. The molecule has 1 aliphatic rings. The van der Waals surface area contributed by atoms with Gasteiger partial charge in [0.05, 0.1) is 9.21 Å². The fraction of sp³-hybridized carbons (Fsp3) is 0.429. The molecule has 1 aliphatic heterocycles. The van der Waals surface area contributed by atoms with Crippen LogP contribution in [-0.2, 0) is 0 Å². The Bertz CT molecular complexity index is 619. The third kappa shape index (κ3) is 3.83. The maximum atomic E-state index is 12.1. The first-order chi connectivity index (χ1) is 10.2. The topological polar surface area (TPSA) is 54.0 Å². The molecule has 1 amide bonds. The van der Waals surface area contributed by atoms with Crippen LogP contribution in [0.1, 0.15) is 23.3 Å². The summed E-state index contributed by atoms with van der Waals surface area (Å²) in [6.07, 6.45) is 2.35. The Morgan fingerprint density at radius 1 is 1.52 bits per heavy atom. The van der Waals surface area contributed by atoms with Crippen LogP contribution in [0.15, 0.2) is 17.5 Å². The summed E-state index contributed by atoms with van der Waals surface area (Å²) >= 11 is 8.87. The van der Waals surface area contributed by atoms with E-state index in [9.17, 15) is 4.79 Å². The first kappa shape index (κ1) is 15.0. The summed E-state index contributed by atoms with van der Waals surface area (Å²) in [4.78, 5) is 17.5. The Kier molecular flexibility index (Phi) is 4.90. The SMILES string of the molecule is O=C(NCC1CCCNC1)c1csc(-c2ccc(Cl)s2)n1. The van der Waals surface area contributed by atoms with E-state index in [0.717, 1.165) is 27.3 Å². The Hall–Kier alpha value is -0.950. The van der Waals surface area contributed by atoms with Crippen LogP contribution >= 0.6 is 34.3 Å². The highest BCUT2D eigenvalue weighted by Gasteiger charge is 2.16. The predicted octanol–water partition coefficient (Wildman–Crippen LogP) is 3.25. The molecule has 0 aliphatic carbocycles. The molecule has 1 unspecified atom stereocenters. The predicted molar refractivity (Wildman–Crippen MR) is 88.4 cm³/mol. The van der Waals surface area contributed by atoms with Gasteiger partial charge in [-0.1, -0.05) is 11.6 Å². The number of carbonyl (C=O) groups is 1. The summed E-state index contributed by atoms with van der Waals surface area (Å²) < 4.78 is 0.732. The van der Waals surface area contributed by atoms with Gasteiger partial charge in [-0.3, -0.25) is 4.79 Å². The highest BCUT2D eigenvalue weighted by molar-refractivity contribution is 7.23. The first-order valence-corrected chi connectivity index (χ1v) is 9.00. The van der Waals surface area contributed by atoms with Crippen molar-refractivity contribution in [1.29, 1.82) is 0 Å².